The van der Waals surface area contributed by atoms with E-state index in [1.54, 1.807) is 6.20 Å². The summed E-state index contributed by atoms with van der Waals surface area (Å²) in [5.74, 6) is 0.683. The average molecular weight is 401 g/mol. The molecule has 26 heavy (non-hydrogen) atoms. The van der Waals surface area contributed by atoms with Crippen molar-refractivity contribution in [3.05, 3.63) is 17.2 Å². The van der Waals surface area contributed by atoms with E-state index in [0.717, 1.165) is 38.2 Å². The molecule has 2 aromatic rings. The number of anilines is 2. The van der Waals surface area contributed by atoms with Crippen LogP contribution >= 0.6 is 24.0 Å². The van der Waals surface area contributed by atoms with Crippen molar-refractivity contribution < 1.29 is 4.39 Å². The second kappa shape index (κ2) is 7.66. The number of fused-ring (bicyclic) bond motifs is 1. The quantitative estimate of drug-likeness (QED) is 0.780. The maximum Gasteiger partial charge on any atom is 0.228 e. The number of hydrogen-bond donors (Lipinski definition) is 1. The highest BCUT2D eigenvalue weighted by Gasteiger charge is 2.30. The number of pyridine rings is 1. The van der Waals surface area contributed by atoms with E-state index in [1.165, 1.54) is 6.42 Å². The first-order chi connectivity index (χ1) is 12.0. The molecule has 0 saturated carbocycles. The molecule has 2 aromatic heterocycles. The van der Waals surface area contributed by atoms with Crippen molar-refractivity contribution in [2.75, 3.05) is 29.4 Å². The number of nitrogens with two attached hydrogens (primary N) is 1. The van der Waals surface area contributed by atoms with Gasteiger partial charge >= 0.3 is 0 Å². The lowest BCUT2D eigenvalue weighted by Gasteiger charge is -2.30. The van der Waals surface area contributed by atoms with Crippen LogP contribution < -0.4 is 15.5 Å². The maximum atomic E-state index is 14.6. The zero-order valence-electron chi connectivity index (χ0n) is 14.7. The zero-order valence-corrected chi connectivity index (χ0v) is 16.2. The van der Waals surface area contributed by atoms with Gasteiger partial charge in [-0.25, -0.2) is 14.4 Å². The number of halogens is 3. The van der Waals surface area contributed by atoms with Gasteiger partial charge in [0.25, 0.3) is 0 Å². The fraction of sp³-hybridized carbons (Fsp3) is 0.588. The molecule has 6 nitrogen and oxygen atoms in total. The highest BCUT2D eigenvalue weighted by molar-refractivity contribution is 6.30. The number of aromatic nitrogens is 3. The van der Waals surface area contributed by atoms with Gasteiger partial charge in [0.2, 0.25) is 5.95 Å². The molecule has 0 spiro atoms. The summed E-state index contributed by atoms with van der Waals surface area (Å²) in [6, 6.07) is 0.306. The minimum atomic E-state index is -0.586. The van der Waals surface area contributed by atoms with Crippen LogP contribution in [0.3, 0.4) is 0 Å². The van der Waals surface area contributed by atoms with Crippen LogP contribution in [0.15, 0.2) is 6.20 Å². The van der Waals surface area contributed by atoms with Crippen LogP contribution in [0.1, 0.15) is 32.6 Å². The monoisotopic (exact) mass is 400 g/mol. The summed E-state index contributed by atoms with van der Waals surface area (Å²) in [7, 11) is 0. The summed E-state index contributed by atoms with van der Waals surface area (Å²) in [6.45, 7) is 4.58. The van der Waals surface area contributed by atoms with Gasteiger partial charge in [-0.1, -0.05) is 11.6 Å². The third-order valence-electron chi connectivity index (χ3n) is 5.13. The summed E-state index contributed by atoms with van der Waals surface area (Å²) in [5.41, 5.74) is 6.32. The molecular formula is C17H23Cl2FN6. The molecule has 0 bridgehead atoms. The Labute approximate surface area is 163 Å². The lowest BCUT2D eigenvalue weighted by Crippen LogP contribution is -2.33. The Morgan fingerprint density at radius 1 is 1.23 bits per heavy atom. The predicted molar refractivity (Wildman–Crippen MR) is 105 cm³/mol. The third kappa shape index (κ3) is 3.40. The SMILES string of the molecule is CC1CC(N)CN1c1nc(N2CCCCC2)c2cnc(Cl)c(F)c2n1.Cl. The van der Waals surface area contributed by atoms with Crippen LogP contribution in [0.5, 0.6) is 0 Å². The van der Waals surface area contributed by atoms with Crippen molar-refractivity contribution in [1.82, 2.24) is 15.0 Å². The van der Waals surface area contributed by atoms with E-state index in [-0.39, 0.29) is 35.2 Å². The van der Waals surface area contributed by atoms with Crippen LogP contribution in [0.25, 0.3) is 10.9 Å². The highest BCUT2D eigenvalue weighted by Crippen LogP contribution is 2.33. The second-order valence-corrected chi connectivity index (χ2v) is 7.38. The van der Waals surface area contributed by atoms with Crippen molar-refractivity contribution in [3.63, 3.8) is 0 Å². The molecule has 9 heteroatoms. The van der Waals surface area contributed by atoms with Crippen LogP contribution in [-0.2, 0) is 0 Å². The van der Waals surface area contributed by atoms with Crippen LogP contribution in [-0.4, -0.2) is 46.7 Å². The average Bonchev–Trinajstić information content (AvgIpc) is 2.96. The largest absolute Gasteiger partial charge is 0.356 e. The third-order valence-corrected chi connectivity index (χ3v) is 5.39. The molecule has 142 valence electrons. The first-order valence-corrected chi connectivity index (χ1v) is 9.21. The van der Waals surface area contributed by atoms with E-state index in [4.69, 9.17) is 22.3 Å². The fourth-order valence-corrected chi connectivity index (χ4v) is 3.97. The molecule has 2 aliphatic heterocycles. The summed E-state index contributed by atoms with van der Waals surface area (Å²) in [6.07, 6.45) is 5.88. The van der Waals surface area contributed by atoms with E-state index in [0.29, 0.717) is 17.9 Å². The van der Waals surface area contributed by atoms with E-state index >= 15 is 0 Å². The Morgan fingerprint density at radius 3 is 2.62 bits per heavy atom. The summed E-state index contributed by atoms with van der Waals surface area (Å²) >= 11 is 5.90. The molecule has 2 N–H and O–H groups in total. The van der Waals surface area contributed by atoms with Gasteiger partial charge in [-0.05, 0) is 32.6 Å². The Balaban J connectivity index is 0.00000196. The summed E-state index contributed by atoms with van der Waals surface area (Å²) in [5, 5.41) is 0.455. The van der Waals surface area contributed by atoms with Gasteiger partial charge in [-0.2, -0.15) is 4.98 Å². The van der Waals surface area contributed by atoms with Crippen molar-refractivity contribution >= 4 is 46.7 Å². The Bertz CT molecular complexity index is 798. The van der Waals surface area contributed by atoms with Gasteiger partial charge in [0.15, 0.2) is 11.0 Å². The molecule has 2 unspecified atom stereocenters. The van der Waals surface area contributed by atoms with Crippen LogP contribution in [0.2, 0.25) is 5.15 Å². The van der Waals surface area contributed by atoms with Crippen molar-refractivity contribution in [1.29, 1.82) is 0 Å². The molecule has 0 aromatic carbocycles. The van der Waals surface area contributed by atoms with Crippen molar-refractivity contribution in [2.45, 2.75) is 44.7 Å². The first-order valence-electron chi connectivity index (χ1n) is 8.83. The van der Waals surface area contributed by atoms with E-state index in [1.807, 2.05) is 0 Å². The first kappa shape index (κ1) is 19.3. The normalized spacial score (nSPS) is 23.4. The number of piperidine rings is 1. The van der Waals surface area contributed by atoms with Gasteiger partial charge < -0.3 is 15.5 Å². The fourth-order valence-electron chi connectivity index (χ4n) is 3.83. The standard InChI is InChI=1S/C17H22ClFN6.ClH/c1-10-7-11(20)9-25(10)17-22-14-12(8-21-15(18)13(14)19)16(23-17)24-5-3-2-4-6-24;/h8,10-11H,2-7,9,20H2,1H3;1H. The molecule has 0 aliphatic carbocycles. The molecule has 2 aliphatic rings. The summed E-state index contributed by atoms with van der Waals surface area (Å²) < 4.78 is 14.6. The smallest absolute Gasteiger partial charge is 0.228 e. The molecule has 2 saturated heterocycles. The zero-order chi connectivity index (χ0) is 17.6. The Morgan fingerprint density at radius 2 is 1.96 bits per heavy atom. The number of nitrogens with zero attached hydrogens (tertiary/aromatic N) is 5. The Hall–Kier alpha value is -1.44. The minimum Gasteiger partial charge on any atom is -0.356 e. The van der Waals surface area contributed by atoms with Gasteiger partial charge in [0.05, 0.1) is 5.39 Å². The van der Waals surface area contributed by atoms with Gasteiger partial charge in [-0.15, -0.1) is 12.4 Å². The molecular weight excluding hydrogens is 378 g/mol. The molecule has 0 amide bonds. The lowest BCUT2D eigenvalue weighted by molar-refractivity contribution is 0.573. The molecule has 0 radical (unpaired) electrons. The molecule has 4 rings (SSSR count). The van der Waals surface area contributed by atoms with Gasteiger partial charge in [0, 0.05) is 37.9 Å². The van der Waals surface area contributed by atoms with Gasteiger partial charge in [0.1, 0.15) is 11.3 Å². The lowest BCUT2D eigenvalue weighted by atomic mass is 10.1. The maximum absolute atomic E-state index is 14.6. The van der Waals surface area contributed by atoms with E-state index < -0.39 is 5.82 Å². The predicted octanol–water partition coefficient (Wildman–Crippen LogP) is 3.16. The van der Waals surface area contributed by atoms with Crippen molar-refractivity contribution in [2.24, 2.45) is 5.73 Å². The van der Waals surface area contributed by atoms with Crippen LogP contribution in [0.4, 0.5) is 16.2 Å². The number of rotatable bonds is 2. The topological polar surface area (TPSA) is 71.2 Å². The molecule has 2 fully saturated rings. The Kier molecular flexibility index (Phi) is 5.69. The van der Waals surface area contributed by atoms with Crippen molar-refractivity contribution in [3.8, 4) is 0 Å². The van der Waals surface area contributed by atoms with Gasteiger partial charge in [-0.3, -0.25) is 0 Å². The van der Waals surface area contributed by atoms with E-state index in [2.05, 4.69) is 26.7 Å². The molecule has 2 atom stereocenters. The number of hydrogen-bond acceptors (Lipinski definition) is 6. The van der Waals surface area contributed by atoms with E-state index in [9.17, 15) is 4.39 Å². The molecule has 4 heterocycles. The minimum absolute atomic E-state index is 0. The highest BCUT2D eigenvalue weighted by atomic mass is 35.5. The van der Waals surface area contributed by atoms with Crippen LogP contribution in [0, 0.1) is 5.82 Å². The summed E-state index contributed by atoms with van der Waals surface area (Å²) in [4.78, 5) is 17.5. The second-order valence-electron chi connectivity index (χ2n) is 7.02.